The maximum Gasteiger partial charge on any atom is 0.217 e. The molecule has 0 saturated heterocycles. The summed E-state index contributed by atoms with van der Waals surface area (Å²) in [4.78, 5) is 20.7. The first-order valence-corrected chi connectivity index (χ1v) is 17.0. The molecule has 1 rings (SSSR count). The summed E-state index contributed by atoms with van der Waals surface area (Å²) >= 11 is 0. The van der Waals surface area contributed by atoms with Crippen LogP contribution in [0, 0.1) is 11.3 Å². The van der Waals surface area contributed by atoms with Gasteiger partial charge in [-0.3, -0.25) is 4.79 Å². The molecule has 0 fully saturated rings. The van der Waals surface area contributed by atoms with Crippen molar-refractivity contribution in [3.63, 3.8) is 0 Å². The van der Waals surface area contributed by atoms with Crippen LogP contribution in [0.15, 0.2) is 66.9 Å². The number of nitrogens with two attached hydrogens (primary N) is 2. The largest absolute Gasteiger partial charge is 0.391 e. The van der Waals surface area contributed by atoms with Gasteiger partial charge >= 0.3 is 0 Å². The van der Waals surface area contributed by atoms with Gasteiger partial charge in [0, 0.05) is 56.6 Å². The van der Waals surface area contributed by atoms with Gasteiger partial charge in [0.2, 0.25) is 5.91 Å². The van der Waals surface area contributed by atoms with Crippen LogP contribution < -0.4 is 22.1 Å². The van der Waals surface area contributed by atoms with Gasteiger partial charge in [-0.1, -0.05) is 85.4 Å². The van der Waals surface area contributed by atoms with Crippen LogP contribution in [0.2, 0.25) is 0 Å². The van der Waals surface area contributed by atoms with Crippen molar-refractivity contribution in [1.82, 2.24) is 5.32 Å². The molecule has 1 amide bonds. The van der Waals surface area contributed by atoms with Gasteiger partial charge in [0.25, 0.3) is 0 Å². The molecule has 0 aromatic heterocycles. The number of allylic oxidation sites excluding steroid dienone is 5. The molecule has 7 nitrogen and oxygen atoms in total. The second kappa shape index (κ2) is 36.1. The molecule has 1 aromatic carbocycles. The highest BCUT2D eigenvalue weighted by Gasteiger charge is 1.92. The van der Waals surface area contributed by atoms with E-state index in [9.17, 15) is 9.59 Å². The van der Waals surface area contributed by atoms with Crippen LogP contribution >= 0.6 is 21.6 Å². The van der Waals surface area contributed by atoms with Gasteiger partial charge < -0.3 is 26.9 Å². The maximum atomic E-state index is 10.9. The molecule has 9 heteroatoms. The summed E-state index contributed by atoms with van der Waals surface area (Å²) in [7, 11) is 5.69. The zero-order valence-corrected chi connectivity index (χ0v) is 28.1. The third-order valence-electron chi connectivity index (χ3n) is 4.65. The second-order valence-electron chi connectivity index (χ2n) is 8.76. The number of amides is 1. The average molecular weight is 618 g/mol. The Balaban J connectivity index is -0.000000649. The van der Waals surface area contributed by atoms with Crippen LogP contribution in [0.1, 0.15) is 78.2 Å². The Morgan fingerprint density at radius 3 is 2.12 bits per heavy atom. The number of nitriles is 1. The van der Waals surface area contributed by atoms with E-state index >= 15 is 0 Å². The number of primary amides is 1. The molecule has 6 N–H and O–H groups in total. The summed E-state index contributed by atoms with van der Waals surface area (Å²) in [5.41, 5.74) is 13.3. The average Bonchev–Trinajstić information content (AvgIpc) is 2.97. The number of anilines is 1. The van der Waals surface area contributed by atoms with Crippen LogP contribution in [-0.4, -0.2) is 43.3 Å². The van der Waals surface area contributed by atoms with Crippen LogP contribution in [-0.2, 0) is 9.59 Å². The summed E-state index contributed by atoms with van der Waals surface area (Å²) in [6.07, 6.45) is 17.5. The number of nitrogens with zero attached hydrogens (tertiary/aromatic N) is 1. The van der Waals surface area contributed by atoms with Crippen molar-refractivity contribution in [2.24, 2.45) is 11.5 Å². The predicted octanol–water partition coefficient (Wildman–Crippen LogP) is 7.64. The van der Waals surface area contributed by atoms with Crippen molar-refractivity contribution in [3.05, 3.63) is 72.5 Å². The SMILES string of the molecule is C=C/C=C(\C=C/NCCCC(C)=O)/C=C/c1ccc(NC)cc1.CCCC#N.CCCC(N)=O.CCCSSCCN. The third-order valence-corrected chi connectivity index (χ3v) is 7.30. The standard InChI is InChI=1S/C20H26N2O.C5H13NS2.C4H9NO.C4H7N/c1-4-6-18(14-16-22-15-5-7-17(2)23)8-9-19-10-12-20(21-3)13-11-19;1-2-4-7-8-5-3-6;1-2-3-4(5)6;1-2-3-4-5/h4,6,8-14,16,21-22H,1,5,7,15H2,2-3H3;2-6H2,1H3;2-3H2,1H3,(H2,5,6);2-3H2,1H3/b9-8+,16-14-,18-6-;;;. The molecule has 0 atom stereocenters. The van der Waals surface area contributed by atoms with E-state index in [1.807, 2.05) is 85.1 Å². The van der Waals surface area contributed by atoms with Crippen molar-refractivity contribution >= 4 is 45.0 Å². The Hall–Kier alpha value is -2.93. The summed E-state index contributed by atoms with van der Waals surface area (Å²) in [5, 5.41) is 14.1. The monoisotopic (exact) mass is 617 g/mol. The lowest BCUT2D eigenvalue weighted by Gasteiger charge is -2.00. The van der Waals surface area contributed by atoms with Crippen LogP contribution in [0.25, 0.3) is 6.08 Å². The van der Waals surface area contributed by atoms with E-state index in [0.717, 1.165) is 54.9 Å². The van der Waals surface area contributed by atoms with Crippen molar-refractivity contribution in [3.8, 4) is 6.07 Å². The number of benzene rings is 1. The molecule has 0 bridgehead atoms. The summed E-state index contributed by atoms with van der Waals surface area (Å²) < 4.78 is 0. The topological polar surface area (TPSA) is 134 Å². The lowest BCUT2D eigenvalue weighted by atomic mass is 10.1. The molecule has 0 aliphatic carbocycles. The van der Waals surface area contributed by atoms with Gasteiger partial charge in [-0.25, -0.2) is 0 Å². The number of hydrogen-bond acceptors (Lipinski definition) is 8. The molecule has 0 spiro atoms. The van der Waals surface area contributed by atoms with Crippen molar-refractivity contribution in [2.45, 2.75) is 72.6 Å². The number of hydrogen-bond donors (Lipinski definition) is 4. The Morgan fingerprint density at radius 1 is 1.02 bits per heavy atom. The summed E-state index contributed by atoms with van der Waals surface area (Å²) in [5.74, 6) is 2.36. The van der Waals surface area contributed by atoms with Gasteiger partial charge in [0.15, 0.2) is 0 Å². The second-order valence-corrected chi connectivity index (χ2v) is 11.5. The van der Waals surface area contributed by atoms with E-state index in [1.54, 1.807) is 13.0 Å². The Labute approximate surface area is 264 Å². The summed E-state index contributed by atoms with van der Waals surface area (Å²) in [6.45, 7) is 13.1. The first-order chi connectivity index (χ1) is 20.2. The van der Waals surface area contributed by atoms with E-state index in [1.165, 1.54) is 12.2 Å². The number of ketones is 1. The number of Topliss-reactive ketones (excluding diaryl/α,β-unsaturated/α-hetero) is 1. The smallest absolute Gasteiger partial charge is 0.217 e. The van der Waals surface area contributed by atoms with Gasteiger partial charge in [0.1, 0.15) is 5.78 Å². The fourth-order valence-electron chi connectivity index (χ4n) is 2.54. The number of nitrogens with one attached hydrogen (secondary N) is 2. The molecule has 0 aliphatic rings. The number of unbranched alkanes of at least 4 members (excludes halogenated alkanes) is 1. The van der Waals surface area contributed by atoms with Crippen molar-refractivity contribution < 1.29 is 9.59 Å². The van der Waals surface area contributed by atoms with Gasteiger partial charge in [-0.05, 0) is 68.2 Å². The molecular weight excluding hydrogens is 563 g/mol. The summed E-state index contributed by atoms with van der Waals surface area (Å²) in [6, 6.07) is 10.2. The first-order valence-electron chi connectivity index (χ1n) is 14.5. The highest BCUT2D eigenvalue weighted by Crippen LogP contribution is 2.20. The number of carbonyl (C=O) groups excluding carboxylic acids is 2. The highest BCUT2D eigenvalue weighted by atomic mass is 33.1. The van der Waals surface area contributed by atoms with E-state index in [0.29, 0.717) is 19.3 Å². The van der Waals surface area contributed by atoms with Gasteiger partial charge in [-0.2, -0.15) is 5.26 Å². The number of rotatable bonds is 18. The zero-order valence-electron chi connectivity index (χ0n) is 26.5. The molecule has 236 valence electrons. The lowest BCUT2D eigenvalue weighted by molar-refractivity contribution is -0.118. The molecular formula is C33H55N5O2S2. The molecule has 0 unspecified atom stereocenters. The Bertz CT molecular complexity index is 917. The molecule has 0 aliphatic heterocycles. The Kier molecular flexibility index (Phi) is 37.4. The van der Waals surface area contributed by atoms with E-state index in [4.69, 9.17) is 16.7 Å². The maximum absolute atomic E-state index is 10.9. The quantitative estimate of drug-likeness (QED) is 0.0750. The van der Waals surface area contributed by atoms with Crippen molar-refractivity contribution in [1.29, 1.82) is 5.26 Å². The third kappa shape index (κ3) is 37.1. The van der Waals surface area contributed by atoms with E-state index in [-0.39, 0.29) is 11.7 Å². The van der Waals surface area contributed by atoms with Crippen LogP contribution in [0.3, 0.4) is 0 Å². The van der Waals surface area contributed by atoms with Gasteiger partial charge in [-0.15, -0.1) is 0 Å². The minimum absolute atomic E-state index is 0.211. The van der Waals surface area contributed by atoms with E-state index in [2.05, 4.69) is 42.3 Å². The zero-order chi connectivity index (χ0) is 32.3. The predicted molar refractivity (Wildman–Crippen MR) is 189 cm³/mol. The molecule has 0 saturated carbocycles. The lowest BCUT2D eigenvalue weighted by Crippen LogP contribution is -2.08. The number of carbonyl (C=O) groups is 2. The van der Waals surface area contributed by atoms with Crippen molar-refractivity contribution in [2.75, 3.05) is 37.0 Å². The fraction of sp³-hybridized carbons (Fsp3) is 0.485. The minimum Gasteiger partial charge on any atom is -0.391 e. The van der Waals surface area contributed by atoms with Gasteiger partial charge in [0.05, 0.1) is 6.07 Å². The first kappa shape index (κ1) is 43.5. The van der Waals surface area contributed by atoms with E-state index < -0.39 is 0 Å². The molecule has 1 aromatic rings. The molecule has 0 heterocycles. The van der Waals surface area contributed by atoms with Crippen LogP contribution in [0.5, 0.6) is 0 Å². The minimum atomic E-state index is -0.211. The normalized spacial score (nSPS) is 10.3. The van der Waals surface area contributed by atoms with Crippen LogP contribution in [0.4, 0.5) is 5.69 Å². The fourth-order valence-corrected chi connectivity index (χ4v) is 4.54. The molecule has 0 radical (unpaired) electrons. The molecule has 42 heavy (non-hydrogen) atoms. The highest BCUT2D eigenvalue weighted by molar-refractivity contribution is 8.76. The Morgan fingerprint density at radius 2 is 1.69 bits per heavy atom.